The molecule has 286 valence electrons. The minimum Gasteiger partial charge on any atom is -0.356 e. The van der Waals surface area contributed by atoms with Gasteiger partial charge >= 0.3 is 6.18 Å². The van der Waals surface area contributed by atoms with Crippen LogP contribution in [-0.4, -0.2) is 39.0 Å². The third-order valence-electron chi connectivity index (χ3n) is 8.82. The quantitative estimate of drug-likeness (QED) is 0.119. The minimum atomic E-state index is -4.40. The summed E-state index contributed by atoms with van der Waals surface area (Å²) in [7, 11) is 0. The summed E-state index contributed by atoms with van der Waals surface area (Å²) in [5.41, 5.74) is 4.51. The second-order valence-corrected chi connectivity index (χ2v) is 13.7. The van der Waals surface area contributed by atoms with Gasteiger partial charge in [-0.3, -0.25) is 9.89 Å². The van der Waals surface area contributed by atoms with Gasteiger partial charge in [-0.1, -0.05) is 97.2 Å². The Labute approximate surface area is 310 Å². The van der Waals surface area contributed by atoms with E-state index in [1.807, 2.05) is 19.9 Å². The monoisotopic (exact) mass is 722 g/mol. The van der Waals surface area contributed by atoms with Crippen molar-refractivity contribution in [2.24, 2.45) is 11.8 Å². The zero-order valence-corrected chi connectivity index (χ0v) is 33.0. The molecule has 0 bridgehead atoms. The minimum absolute atomic E-state index is 0.129. The Morgan fingerprint density at radius 1 is 0.865 bits per heavy atom. The first-order valence-corrected chi connectivity index (χ1v) is 18.8. The molecule has 0 aliphatic rings. The molecule has 2 atom stereocenters. The number of aryl methyl sites for hydroxylation is 5. The van der Waals surface area contributed by atoms with Gasteiger partial charge in [0.15, 0.2) is 11.6 Å². The van der Waals surface area contributed by atoms with Crippen LogP contribution in [0.15, 0.2) is 54.6 Å². The Morgan fingerprint density at radius 3 is 2.21 bits per heavy atom. The van der Waals surface area contributed by atoms with Crippen LogP contribution >= 0.6 is 0 Å². The van der Waals surface area contributed by atoms with Crippen LogP contribution in [0.25, 0.3) is 0 Å². The largest absolute Gasteiger partial charge is 0.416 e. The van der Waals surface area contributed by atoms with Crippen LogP contribution < -0.4 is 10.2 Å². The molecule has 2 aromatic heterocycles. The molecule has 4 rings (SSSR count). The molecule has 2 N–H and O–H groups in total. The Kier molecular flexibility index (Phi) is 18.6. The first-order valence-electron chi connectivity index (χ1n) is 18.8. The number of ketones is 1. The van der Waals surface area contributed by atoms with Gasteiger partial charge in [-0.15, -0.1) is 0 Å². The summed E-state index contributed by atoms with van der Waals surface area (Å²) >= 11 is 0. The number of aromatic amines is 1. The van der Waals surface area contributed by atoms with Gasteiger partial charge in [-0.2, -0.15) is 18.3 Å². The van der Waals surface area contributed by atoms with E-state index >= 15 is 0 Å². The highest BCUT2D eigenvalue weighted by Crippen LogP contribution is 2.30. The van der Waals surface area contributed by atoms with Crippen molar-refractivity contribution in [1.29, 1.82) is 0 Å². The highest BCUT2D eigenvalue weighted by atomic mass is 19.4. The van der Waals surface area contributed by atoms with Gasteiger partial charge in [-0.05, 0) is 82.1 Å². The number of carbonyl (C=O) groups excluding carboxylic acids is 1. The van der Waals surface area contributed by atoms with Crippen molar-refractivity contribution < 1.29 is 18.0 Å². The number of H-pyrrole nitrogens is 1. The number of benzene rings is 2. The second kappa shape index (κ2) is 22.0. The van der Waals surface area contributed by atoms with Gasteiger partial charge in [0.05, 0.1) is 5.56 Å². The summed E-state index contributed by atoms with van der Waals surface area (Å²) in [6.07, 6.45) is 2.86. The number of nitrogens with one attached hydrogen (secondary N) is 2. The zero-order chi connectivity index (χ0) is 38.8. The van der Waals surface area contributed by atoms with Gasteiger partial charge < -0.3 is 10.2 Å². The van der Waals surface area contributed by atoms with Crippen molar-refractivity contribution >= 4 is 23.2 Å². The van der Waals surface area contributed by atoms with Crippen LogP contribution in [0.4, 0.5) is 30.6 Å². The van der Waals surface area contributed by atoms with Crippen LogP contribution in [0.1, 0.15) is 125 Å². The van der Waals surface area contributed by atoms with Crippen molar-refractivity contribution in [3.63, 3.8) is 0 Å². The normalized spacial score (nSPS) is 12.2. The van der Waals surface area contributed by atoms with Crippen LogP contribution in [0, 0.1) is 32.6 Å². The molecule has 7 nitrogen and oxygen atoms in total. The van der Waals surface area contributed by atoms with Crippen LogP contribution in [-0.2, 0) is 19.0 Å². The Hall–Kier alpha value is -4.21. The summed E-state index contributed by atoms with van der Waals surface area (Å²) < 4.78 is 37.2. The van der Waals surface area contributed by atoms with E-state index in [1.54, 1.807) is 6.92 Å². The molecule has 0 saturated carbocycles. The third-order valence-corrected chi connectivity index (χ3v) is 8.82. The molecular weight excluding hydrogens is 661 g/mol. The fourth-order valence-electron chi connectivity index (χ4n) is 5.31. The lowest BCUT2D eigenvalue weighted by Crippen LogP contribution is -2.27. The van der Waals surface area contributed by atoms with Crippen LogP contribution in [0.3, 0.4) is 0 Å². The molecule has 2 unspecified atom stereocenters. The van der Waals surface area contributed by atoms with E-state index in [4.69, 9.17) is 4.98 Å². The number of carbonyl (C=O) groups is 1. The predicted octanol–water partition coefficient (Wildman–Crippen LogP) is 11.7. The lowest BCUT2D eigenvalue weighted by molar-refractivity contribution is -0.137. The fourth-order valence-corrected chi connectivity index (χ4v) is 5.31. The molecule has 2 aromatic carbocycles. The summed E-state index contributed by atoms with van der Waals surface area (Å²) in [6, 6.07) is 15.3. The van der Waals surface area contributed by atoms with Crippen molar-refractivity contribution in [3.8, 4) is 0 Å². The van der Waals surface area contributed by atoms with Crippen molar-refractivity contribution in [1.82, 2.24) is 20.2 Å². The molecule has 10 heteroatoms. The number of rotatable bonds is 15. The maximum absolute atomic E-state index is 12.4. The molecule has 0 radical (unpaired) electrons. The van der Waals surface area contributed by atoms with Crippen LogP contribution in [0.2, 0.25) is 0 Å². The number of halogens is 3. The highest BCUT2D eigenvalue weighted by Gasteiger charge is 2.31. The number of hydrogen-bond acceptors (Lipinski definition) is 6. The van der Waals surface area contributed by atoms with E-state index in [0.717, 1.165) is 79.4 Å². The molecule has 2 heterocycles. The Bertz CT molecular complexity index is 1650. The average molecular weight is 723 g/mol. The predicted molar refractivity (Wildman–Crippen MR) is 210 cm³/mol. The summed E-state index contributed by atoms with van der Waals surface area (Å²) in [5.74, 6) is 3.56. The lowest BCUT2D eigenvalue weighted by atomic mass is 9.96. The topological polar surface area (TPSA) is 86.8 Å². The average Bonchev–Trinajstić information content (AvgIpc) is 3.56. The molecule has 0 spiro atoms. The van der Waals surface area contributed by atoms with Gasteiger partial charge in [0.25, 0.3) is 0 Å². The van der Waals surface area contributed by atoms with Gasteiger partial charge in [0.2, 0.25) is 0 Å². The first-order chi connectivity index (χ1) is 24.6. The maximum Gasteiger partial charge on any atom is 0.416 e. The summed E-state index contributed by atoms with van der Waals surface area (Å²) in [5, 5.41) is 11.0. The summed E-state index contributed by atoms with van der Waals surface area (Å²) in [6.45, 7) is 22.9. The van der Waals surface area contributed by atoms with Crippen molar-refractivity contribution in [2.75, 3.05) is 23.3 Å². The molecule has 4 aromatic rings. The van der Waals surface area contributed by atoms with E-state index < -0.39 is 11.7 Å². The van der Waals surface area contributed by atoms with E-state index in [1.165, 1.54) is 48.1 Å². The molecule has 0 aliphatic carbocycles. The molecule has 0 fully saturated rings. The molecular formula is C42H61F3N6O. The lowest BCUT2D eigenvalue weighted by Gasteiger charge is -2.25. The SMILES string of the molecule is CCC.CCC(C)C(=O)c1cccc(C(F)(F)F)c1.CCCN(CCC(C)CC)c1cc(Nc2cc(CCc3cc(C)ccc3C)[nH]n2)nc(C)n1. The van der Waals surface area contributed by atoms with Gasteiger partial charge in [0, 0.05) is 42.4 Å². The Morgan fingerprint density at radius 2 is 1.58 bits per heavy atom. The second-order valence-electron chi connectivity index (χ2n) is 13.7. The zero-order valence-electron chi connectivity index (χ0n) is 33.0. The van der Waals surface area contributed by atoms with Crippen molar-refractivity contribution in [3.05, 3.63) is 93.9 Å². The maximum atomic E-state index is 12.4. The van der Waals surface area contributed by atoms with Crippen molar-refractivity contribution in [2.45, 2.75) is 120 Å². The third kappa shape index (κ3) is 14.8. The Balaban J connectivity index is 0.000000411. The number of nitrogens with zero attached hydrogens (tertiary/aromatic N) is 4. The summed E-state index contributed by atoms with van der Waals surface area (Å²) in [4.78, 5) is 23.4. The first kappa shape index (κ1) is 44.0. The van der Waals surface area contributed by atoms with Crippen LogP contribution in [0.5, 0.6) is 0 Å². The molecule has 0 saturated heterocycles. The van der Waals surface area contributed by atoms with E-state index in [2.05, 4.69) is 98.1 Å². The number of Topliss-reactive ketones (excluding diaryl/α,β-unsaturated/α-hetero) is 1. The van der Waals surface area contributed by atoms with Gasteiger partial charge in [0.1, 0.15) is 17.5 Å². The fraction of sp³-hybridized carbons (Fsp3) is 0.524. The number of aromatic nitrogens is 4. The number of alkyl halides is 3. The molecule has 0 amide bonds. The smallest absolute Gasteiger partial charge is 0.356 e. The standard InChI is InChI=1S/C27H40N6.C12H13F3O.C3H8/c1-7-14-33(15-13-19(3)8-2)27-18-25(28-22(6)29-27)30-26-17-24(31-32-26)12-11-23-16-20(4)9-10-21(23)5;1-3-8(2)11(16)9-5-4-6-10(7-9)12(13,14)15;1-3-2/h9-10,16-19H,7-8,11-15H2,1-6H3,(H2,28,29,30,31,32);4-8H,3H2,1-2H3;3H2,1-2H3. The van der Waals surface area contributed by atoms with Gasteiger partial charge in [-0.25, -0.2) is 9.97 Å². The van der Waals surface area contributed by atoms with E-state index in [-0.39, 0.29) is 17.3 Å². The van der Waals surface area contributed by atoms with E-state index in [0.29, 0.717) is 6.42 Å². The molecule has 52 heavy (non-hydrogen) atoms. The highest BCUT2D eigenvalue weighted by molar-refractivity contribution is 5.97. The number of hydrogen-bond donors (Lipinski definition) is 2. The number of anilines is 3. The molecule has 0 aliphatic heterocycles. The van der Waals surface area contributed by atoms with E-state index in [9.17, 15) is 18.0 Å².